The molecule has 2 aliphatic heterocycles. The fourth-order valence-electron chi connectivity index (χ4n) is 2.93. The summed E-state index contributed by atoms with van der Waals surface area (Å²) in [5.41, 5.74) is 0.861. The van der Waals surface area contributed by atoms with Gasteiger partial charge in [-0.1, -0.05) is 6.07 Å². The summed E-state index contributed by atoms with van der Waals surface area (Å²) in [5, 5.41) is 10.5. The maximum atomic E-state index is 10.5. The number of benzene rings is 1. The van der Waals surface area contributed by atoms with Crippen LogP contribution in [0.3, 0.4) is 0 Å². The topological polar surface area (TPSA) is 54.4 Å². The smallest absolute Gasteiger partial charge is 0.231 e. The van der Waals surface area contributed by atoms with Crippen molar-refractivity contribution in [3.63, 3.8) is 0 Å². The highest BCUT2D eigenvalue weighted by Gasteiger charge is 2.24. The molecule has 0 aliphatic carbocycles. The number of rotatable bonds is 5. The third kappa shape index (κ3) is 3.70. The van der Waals surface area contributed by atoms with Gasteiger partial charge >= 0.3 is 0 Å². The molecule has 22 heavy (non-hydrogen) atoms. The van der Waals surface area contributed by atoms with Crippen LogP contribution in [0.15, 0.2) is 18.2 Å². The minimum atomic E-state index is -0.535. The molecule has 0 bridgehead atoms. The van der Waals surface area contributed by atoms with Gasteiger partial charge in [-0.15, -0.1) is 0 Å². The zero-order chi connectivity index (χ0) is 15.5. The molecule has 2 atom stereocenters. The van der Waals surface area contributed by atoms with Crippen molar-refractivity contribution in [1.82, 2.24) is 9.80 Å². The maximum absolute atomic E-state index is 10.5. The first-order valence-electron chi connectivity index (χ1n) is 7.68. The summed E-state index contributed by atoms with van der Waals surface area (Å²) in [7, 11) is 4.09. The highest BCUT2D eigenvalue weighted by atomic mass is 16.7. The molecule has 1 saturated heterocycles. The van der Waals surface area contributed by atoms with Crippen LogP contribution in [0.2, 0.25) is 0 Å². The summed E-state index contributed by atoms with van der Waals surface area (Å²) < 4.78 is 16.4. The molecule has 2 aliphatic rings. The predicted molar refractivity (Wildman–Crippen MR) is 82.3 cm³/mol. The molecule has 1 aromatic rings. The van der Waals surface area contributed by atoms with Crippen LogP contribution in [-0.4, -0.2) is 74.7 Å². The molecule has 6 heteroatoms. The van der Waals surface area contributed by atoms with Gasteiger partial charge in [-0.05, 0) is 31.8 Å². The van der Waals surface area contributed by atoms with Crippen molar-refractivity contribution in [1.29, 1.82) is 0 Å². The largest absolute Gasteiger partial charge is 0.454 e. The summed E-state index contributed by atoms with van der Waals surface area (Å²) >= 11 is 0. The lowest BCUT2D eigenvalue weighted by Crippen LogP contribution is -2.47. The quantitative estimate of drug-likeness (QED) is 0.865. The summed E-state index contributed by atoms with van der Waals surface area (Å²) in [4.78, 5) is 4.38. The lowest BCUT2D eigenvalue weighted by atomic mass is 10.1. The number of morpholine rings is 1. The standard InChI is InChI=1S/C16H24N2O4/c1-17(2)8-13-9-18(5-6-20-13)10-14(19)12-3-4-15-16(7-12)22-11-21-15/h3-4,7,13-14,19H,5-6,8-11H2,1-2H3. The minimum absolute atomic E-state index is 0.202. The van der Waals surface area contributed by atoms with E-state index in [1.165, 1.54) is 0 Å². The first kappa shape index (κ1) is 15.6. The van der Waals surface area contributed by atoms with Crippen LogP contribution in [-0.2, 0) is 4.74 Å². The van der Waals surface area contributed by atoms with Crippen molar-refractivity contribution in [2.45, 2.75) is 12.2 Å². The number of hydrogen-bond acceptors (Lipinski definition) is 6. The third-order valence-electron chi connectivity index (χ3n) is 4.00. The van der Waals surface area contributed by atoms with Crippen LogP contribution in [0, 0.1) is 0 Å². The highest BCUT2D eigenvalue weighted by molar-refractivity contribution is 5.45. The van der Waals surface area contributed by atoms with Crippen LogP contribution >= 0.6 is 0 Å². The normalized spacial score (nSPS) is 23.0. The molecule has 0 aromatic heterocycles. The van der Waals surface area contributed by atoms with Crippen LogP contribution in [0.4, 0.5) is 0 Å². The number of aliphatic hydroxyl groups excluding tert-OH is 1. The Morgan fingerprint density at radius 2 is 2.14 bits per heavy atom. The van der Waals surface area contributed by atoms with Gasteiger partial charge in [-0.2, -0.15) is 0 Å². The second-order valence-electron chi connectivity index (χ2n) is 6.14. The van der Waals surface area contributed by atoms with Crippen molar-refractivity contribution >= 4 is 0 Å². The molecule has 2 unspecified atom stereocenters. The second-order valence-corrected chi connectivity index (χ2v) is 6.14. The van der Waals surface area contributed by atoms with Crippen molar-refractivity contribution in [2.24, 2.45) is 0 Å². The van der Waals surface area contributed by atoms with Gasteiger partial charge in [-0.25, -0.2) is 0 Å². The third-order valence-corrected chi connectivity index (χ3v) is 4.00. The molecule has 1 aromatic carbocycles. The summed E-state index contributed by atoms with van der Waals surface area (Å²) in [6, 6.07) is 5.62. The molecule has 0 spiro atoms. The SMILES string of the molecule is CN(C)CC1CN(CC(O)c2ccc3c(c2)OCO3)CCO1. The Balaban J connectivity index is 1.58. The van der Waals surface area contributed by atoms with Gasteiger partial charge < -0.3 is 24.2 Å². The van der Waals surface area contributed by atoms with E-state index in [2.05, 4.69) is 9.80 Å². The molecule has 3 rings (SSSR count). The van der Waals surface area contributed by atoms with E-state index >= 15 is 0 Å². The average molecular weight is 308 g/mol. The Kier molecular flexibility index (Phi) is 4.83. The minimum Gasteiger partial charge on any atom is -0.454 e. The Labute approximate surface area is 131 Å². The molecular formula is C16H24N2O4. The molecule has 0 amide bonds. The van der Waals surface area contributed by atoms with Crippen LogP contribution < -0.4 is 9.47 Å². The Hall–Kier alpha value is -1.34. The fourth-order valence-corrected chi connectivity index (χ4v) is 2.93. The van der Waals surface area contributed by atoms with Gasteiger partial charge in [0.15, 0.2) is 11.5 Å². The Morgan fingerprint density at radius 3 is 2.95 bits per heavy atom. The fraction of sp³-hybridized carbons (Fsp3) is 0.625. The summed E-state index contributed by atoms with van der Waals surface area (Å²) in [6.45, 7) is 4.17. The number of ether oxygens (including phenoxy) is 3. The van der Waals surface area contributed by atoms with Gasteiger partial charge in [0, 0.05) is 26.2 Å². The number of fused-ring (bicyclic) bond motifs is 1. The van der Waals surface area contributed by atoms with Gasteiger partial charge in [0.2, 0.25) is 6.79 Å². The second kappa shape index (κ2) is 6.83. The van der Waals surface area contributed by atoms with E-state index in [1.807, 2.05) is 32.3 Å². The van der Waals surface area contributed by atoms with Crippen molar-refractivity contribution < 1.29 is 19.3 Å². The lowest BCUT2D eigenvalue weighted by Gasteiger charge is -2.35. The Morgan fingerprint density at radius 1 is 1.32 bits per heavy atom. The molecule has 122 valence electrons. The van der Waals surface area contributed by atoms with Gasteiger partial charge in [-0.3, -0.25) is 4.90 Å². The number of β-amino-alcohol motifs (C(OH)–C–C–N with tert-alkyl or cyclic N) is 1. The van der Waals surface area contributed by atoms with Crippen LogP contribution in [0.5, 0.6) is 11.5 Å². The number of likely N-dealkylation sites (N-methyl/N-ethyl adjacent to an activating group) is 1. The number of nitrogens with zero attached hydrogens (tertiary/aromatic N) is 2. The van der Waals surface area contributed by atoms with E-state index in [4.69, 9.17) is 14.2 Å². The maximum Gasteiger partial charge on any atom is 0.231 e. The Bertz CT molecular complexity index is 509. The van der Waals surface area contributed by atoms with E-state index < -0.39 is 6.10 Å². The zero-order valence-corrected chi connectivity index (χ0v) is 13.2. The van der Waals surface area contributed by atoms with Gasteiger partial charge in [0.25, 0.3) is 0 Å². The van der Waals surface area contributed by atoms with Crippen molar-refractivity contribution in [3.05, 3.63) is 23.8 Å². The molecular weight excluding hydrogens is 284 g/mol. The monoisotopic (exact) mass is 308 g/mol. The average Bonchev–Trinajstić information content (AvgIpc) is 2.94. The predicted octanol–water partition coefficient (Wildman–Crippen LogP) is 0.711. The summed E-state index contributed by atoms with van der Waals surface area (Å²) in [6.07, 6.45) is -0.333. The highest BCUT2D eigenvalue weighted by Crippen LogP contribution is 2.34. The summed E-state index contributed by atoms with van der Waals surface area (Å²) in [5.74, 6) is 1.46. The van der Waals surface area contributed by atoms with Crippen LogP contribution in [0.1, 0.15) is 11.7 Å². The van der Waals surface area contributed by atoms with Crippen molar-refractivity contribution in [2.75, 3.05) is 53.7 Å². The number of hydrogen-bond donors (Lipinski definition) is 1. The zero-order valence-electron chi connectivity index (χ0n) is 13.2. The van der Waals surface area contributed by atoms with Gasteiger partial charge in [0.05, 0.1) is 18.8 Å². The van der Waals surface area contributed by atoms with E-state index in [0.717, 1.165) is 30.9 Å². The van der Waals surface area contributed by atoms with Crippen molar-refractivity contribution in [3.8, 4) is 11.5 Å². The lowest BCUT2D eigenvalue weighted by molar-refractivity contribution is -0.0489. The number of aliphatic hydroxyl groups is 1. The molecule has 2 heterocycles. The molecule has 1 N–H and O–H groups in total. The molecule has 0 saturated carbocycles. The molecule has 0 radical (unpaired) electrons. The first-order chi connectivity index (χ1) is 10.6. The molecule has 6 nitrogen and oxygen atoms in total. The molecule has 1 fully saturated rings. The van der Waals surface area contributed by atoms with E-state index in [0.29, 0.717) is 18.9 Å². The van der Waals surface area contributed by atoms with E-state index in [1.54, 1.807) is 0 Å². The van der Waals surface area contributed by atoms with Crippen LogP contribution in [0.25, 0.3) is 0 Å². The first-order valence-corrected chi connectivity index (χ1v) is 7.68. The van der Waals surface area contributed by atoms with E-state index in [9.17, 15) is 5.11 Å². The van der Waals surface area contributed by atoms with E-state index in [-0.39, 0.29) is 12.9 Å². The van der Waals surface area contributed by atoms with Gasteiger partial charge in [0.1, 0.15) is 0 Å².